The molecule has 1 heterocycles. The number of rotatable bonds is 3. The number of ketones is 1. The first-order valence-electron chi connectivity index (χ1n) is 11.2. The van der Waals surface area contributed by atoms with E-state index in [2.05, 4.69) is 24.5 Å². The first kappa shape index (κ1) is 19.2. The molecule has 0 aromatic heterocycles. The second-order valence-corrected chi connectivity index (χ2v) is 11.2. The maximum Gasteiger partial charge on any atom is 0.144 e. The van der Waals surface area contributed by atoms with Crippen molar-refractivity contribution in [1.82, 2.24) is 5.32 Å². The third kappa shape index (κ3) is 4.00. The van der Waals surface area contributed by atoms with Gasteiger partial charge in [-0.25, -0.2) is 0 Å². The Kier molecular flexibility index (Phi) is 5.70. The number of nitrogens with one attached hydrogen (secondary N) is 1. The Bertz CT molecular complexity index is 514. The Morgan fingerprint density at radius 3 is 2.58 bits per heavy atom. The number of carbonyl (C=O) groups excluding carboxylic acids is 1. The topological polar surface area (TPSA) is 45.7 Å². The second-order valence-electron chi connectivity index (χ2n) is 10.6. The zero-order chi connectivity index (χ0) is 18.3. The van der Waals surface area contributed by atoms with Crippen LogP contribution >= 0.6 is 11.6 Å². The lowest BCUT2D eigenvalue weighted by atomic mass is 9.60. The van der Waals surface area contributed by atoms with E-state index in [1.807, 2.05) is 0 Å². The fraction of sp³-hybridized carbons (Fsp3) is 0.955. The lowest BCUT2D eigenvalue weighted by Crippen LogP contribution is -3.02. The first-order valence-corrected chi connectivity index (χ1v) is 11.6. The molecule has 1 saturated heterocycles. The predicted octanol–water partition coefficient (Wildman–Crippen LogP) is 3.25. The Balaban J connectivity index is 1.48. The number of carbonyl (C=O) groups is 1. The number of piperidine rings is 1. The summed E-state index contributed by atoms with van der Waals surface area (Å²) in [5.41, 5.74) is 0.180. The van der Waals surface area contributed by atoms with E-state index in [9.17, 15) is 4.79 Å². The summed E-state index contributed by atoms with van der Waals surface area (Å²) in [4.78, 5) is 13.1. The zero-order valence-electron chi connectivity index (χ0n) is 16.7. The molecule has 3 saturated carbocycles. The fourth-order valence-electron chi connectivity index (χ4n) is 6.68. The van der Waals surface area contributed by atoms with Gasteiger partial charge in [0.25, 0.3) is 0 Å². The van der Waals surface area contributed by atoms with E-state index in [4.69, 9.17) is 11.6 Å². The van der Waals surface area contributed by atoms with Crippen LogP contribution in [-0.4, -0.2) is 35.8 Å². The molecule has 1 aliphatic heterocycles. The molecule has 4 fully saturated rings. The number of Topliss-reactive ketones (excluding diaryl/α,β-unsaturated/α-hetero) is 1. The third-order valence-corrected chi connectivity index (χ3v) is 8.35. The Hall–Kier alpha value is -0.120. The molecule has 148 valence electrons. The van der Waals surface area contributed by atoms with E-state index in [-0.39, 0.29) is 11.3 Å². The van der Waals surface area contributed by atoms with Crippen molar-refractivity contribution in [3.05, 3.63) is 0 Å². The number of halogens is 1. The second kappa shape index (κ2) is 7.72. The third-order valence-electron chi connectivity index (χ3n) is 7.91. The number of quaternary nitrogens is 1. The maximum atomic E-state index is 13.1. The fourth-order valence-corrected chi connectivity index (χ4v) is 6.94. The van der Waals surface area contributed by atoms with Crippen molar-refractivity contribution < 1.29 is 10.1 Å². The van der Waals surface area contributed by atoms with Gasteiger partial charge in [-0.2, -0.15) is 0 Å². The molecular weight excluding hydrogens is 344 g/mol. The van der Waals surface area contributed by atoms with Gasteiger partial charge in [-0.05, 0) is 62.8 Å². The maximum absolute atomic E-state index is 13.1. The monoisotopic (exact) mass is 381 g/mol. The largest absolute Gasteiger partial charge is 0.340 e. The molecule has 0 aromatic rings. The lowest BCUT2D eigenvalue weighted by Gasteiger charge is -2.51. The van der Waals surface area contributed by atoms with Gasteiger partial charge in [-0.3, -0.25) is 4.79 Å². The quantitative estimate of drug-likeness (QED) is 0.737. The van der Waals surface area contributed by atoms with Crippen LogP contribution in [-0.2, 0) is 4.79 Å². The van der Waals surface area contributed by atoms with Crippen molar-refractivity contribution >= 4 is 17.4 Å². The minimum atomic E-state index is 0.180. The van der Waals surface area contributed by atoms with Gasteiger partial charge < -0.3 is 10.6 Å². The smallest absolute Gasteiger partial charge is 0.144 e. The lowest BCUT2D eigenvalue weighted by molar-refractivity contribution is -0.747. The molecular formula is C22H38ClN2O+. The van der Waals surface area contributed by atoms with E-state index in [0.29, 0.717) is 29.2 Å². The van der Waals surface area contributed by atoms with Crippen LogP contribution in [0.1, 0.15) is 78.1 Å². The summed E-state index contributed by atoms with van der Waals surface area (Å²) in [5.74, 6) is 2.23. The molecule has 4 aliphatic rings. The number of hydrogen-bond donors (Lipinski definition) is 2. The molecule has 3 aliphatic carbocycles. The van der Waals surface area contributed by atoms with Crippen molar-refractivity contribution in [3.8, 4) is 0 Å². The summed E-state index contributed by atoms with van der Waals surface area (Å²) >= 11 is 6.29. The van der Waals surface area contributed by atoms with Gasteiger partial charge in [0.2, 0.25) is 0 Å². The van der Waals surface area contributed by atoms with Crippen molar-refractivity contribution in [2.75, 3.05) is 6.54 Å². The van der Waals surface area contributed by atoms with Crippen molar-refractivity contribution in [2.24, 2.45) is 23.2 Å². The zero-order valence-corrected chi connectivity index (χ0v) is 17.4. The molecule has 5 unspecified atom stereocenters. The average molecular weight is 382 g/mol. The summed E-state index contributed by atoms with van der Waals surface area (Å²) in [6.07, 6.45) is 12.2. The highest BCUT2D eigenvalue weighted by atomic mass is 35.5. The van der Waals surface area contributed by atoms with Crippen molar-refractivity contribution in [3.63, 3.8) is 0 Å². The van der Waals surface area contributed by atoms with Gasteiger partial charge in [0, 0.05) is 30.2 Å². The Labute approximate surface area is 164 Å². The Morgan fingerprint density at radius 2 is 1.81 bits per heavy atom. The highest BCUT2D eigenvalue weighted by molar-refractivity contribution is 6.20. The molecule has 26 heavy (non-hydrogen) atoms. The highest BCUT2D eigenvalue weighted by Gasteiger charge is 2.54. The molecule has 4 heteroatoms. The van der Waals surface area contributed by atoms with Crippen LogP contribution in [0.25, 0.3) is 0 Å². The van der Waals surface area contributed by atoms with Crippen molar-refractivity contribution in [2.45, 2.75) is 102 Å². The SMILES string of the molecule is CC1(C)CC(=O)C2C(C1)[NH2+]C1CCCCC1C2NCC1CCC(Cl)CC1. The summed E-state index contributed by atoms with van der Waals surface area (Å²) in [6, 6.07) is 1.66. The Morgan fingerprint density at radius 1 is 1.08 bits per heavy atom. The minimum absolute atomic E-state index is 0.180. The van der Waals surface area contributed by atoms with Crippen LogP contribution in [0.2, 0.25) is 0 Å². The summed E-state index contributed by atoms with van der Waals surface area (Å²) in [6.45, 7) is 5.67. The highest BCUT2D eigenvalue weighted by Crippen LogP contribution is 2.42. The number of hydrogen-bond acceptors (Lipinski definition) is 2. The van der Waals surface area contributed by atoms with E-state index >= 15 is 0 Å². The van der Waals surface area contributed by atoms with E-state index in [0.717, 1.165) is 37.8 Å². The van der Waals surface area contributed by atoms with E-state index in [1.54, 1.807) is 0 Å². The van der Waals surface area contributed by atoms with Gasteiger partial charge in [0.1, 0.15) is 5.78 Å². The molecule has 5 atom stereocenters. The minimum Gasteiger partial charge on any atom is -0.340 e. The van der Waals surface area contributed by atoms with Crippen LogP contribution in [0.4, 0.5) is 0 Å². The molecule has 0 bridgehead atoms. The normalized spacial score (nSPS) is 45.7. The number of alkyl halides is 1. The molecule has 0 spiro atoms. The van der Waals surface area contributed by atoms with Gasteiger partial charge in [0.05, 0.1) is 18.0 Å². The first-order chi connectivity index (χ1) is 12.4. The summed E-state index contributed by atoms with van der Waals surface area (Å²) < 4.78 is 0. The number of fused-ring (bicyclic) bond motifs is 2. The van der Waals surface area contributed by atoms with Crippen LogP contribution in [0.3, 0.4) is 0 Å². The molecule has 4 rings (SSSR count). The van der Waals surface area contributed by atoms with E-state index < -0.39 is 0 Å². The van der Waals surface area contributed by atoms with Gasteiger partial charge in [0.15, 0.2) is 0 Å². The van der Waals surface area contributed by atoms with Crippen LogP contribution in [0, 0.1) is 23.2 Å². The summed E-state index contributed by atoms with van der Waals surface area (Å²) in [5, 5.41) is 7.00. The molecule has 3 N–H and O–H groups in total. The van der Waals surface area contributed by atoms with Crippen LogP contribution in [0.15, 0.2) is 0 Å². The summed E-state index contributed by atoms with van der Waals surface area (Å²) in [7, 11) is 0. The van der Waals surface area contributed by atoms with Crippen LogP contribution in [0.5, 0.6) is 0 Å². The van der Waals surface area contributed by atoms with Gasteiger partial charge >= 0.3 is 0 Å². The van der Waals surface area contributed by atoms with Gasteiger partial charge in [-0.15, -0.1) is 11.6 Å². The standard InChI is InChI=1S/C22H37ClN2O/c1-22(2)11-18-20(19(26)12-22)21(16-5-3-4-6-17(16)25-18)24-13-14-7-9-15(23)10-8-14/h14-18,20-21,24-25H,3-13H2,1-2H3/p+1. The molecule has 0 amide bonds. The molecule has 0 aromatic carbocycles. The van der Waals surface area contributed by atoms with Crippen LogP contribution < -0.4 is 10.6 Å². The van der Waals surface area contributed by atoms with E-state index in [1.165, 1.54) is 44.9 Å². The number of nitrogens with two attached hydrogens (primary N) is 1. The average Bonchev–Trinajstić information content (AvgIpc) is 2.59. The molecule has 0 radical (unpaired) electrons. The predicted molar refractivity (Wildman–Crippen MR) is 106 cm³/mol. The van der Waals surface area contributed by atoms with Crippen molar-refractivity contribution in [1.29, 1.82) is 0 Å². The van der Waals surface area contributed by atoms with Gasteiger partial charge in [-0.1, -0.05) is 20.3 Å². The molecule has 3 nitrogen and oxygen atoms in total.